The van der Waals surface area contributed by atoms with Gasteiger partial charge in [0.15, 0.2) is 0 Å². The molecule has 30 heavy (non-hydrogen) atoms. The van der Waals surface area contributed by atoms with Gasteiger partial charge in [0.05, 0.1) is 0 Å². The molecule has 154 valence electrons. The fourth-order valence-corrected chi connectivity index (χ4v) is 3.74. The van der Waals surface area contributed by atoms with Gasteiger partial charge in [-0.3, -0.25) is 4.99 Å². The number of nitrogens with zero attached hydrogens (tertiary/aromatic N) is 3. The molecule has 0 aliphatic carbocycles. The lowest BCUT2D eigenvalue weighted by atomic mass is 10.1. The maximum absolute atomic E-state index is 13.6. The summed E-state index contributed by atoms with van der Waals surface area (Å²) in [5.41, 5.74) is 4.12. The van der Waals surface area contributed by atoms with Crippen LogP contribution in [0.5, 0.6) is 10.8 Å². The molecular weight excluding hydrogens is 399 g/mol. The average molecular weight is 423 g/mol. The highest BCUT2D eigenvalue weighted by Crippen LogP contribution is 2.38. The van der Waals surface area contributed by atoms with E-state index in [0.717, 1.165) is 34.2 Å². The van der Waals surface area contributed by atoms with Crippen LogP contribution in [0.25, 0.3) is 11.3 Å². The average Bonchev–Trinajstić information content (AvgIpc) is 3.11. The third-order valence-corrected chi connectivity index (χ3v) is 5.37. The minimum atomic E-state index is -0.377. The number of aryl methyl sites for hydroxylation is 2. The summed E-state index contributed by atoms with van der Waals surface area (Å²) in [6, 6.07) is 12.1. The smallest absolute Gasteiger partial charge is 0.218 e. The van der Waals surface area contributed by atoms with Crippen molar-refractivity contribution in [3.63, 3.8) is 0 Å². The number of aromatic nitrogens is 1. The molecule has 3 rings (SSSR count). The van der Waals surface area contributed by atoms with Crippen LogP contribution in [0.1, 0.15) is 30.5 Å². The largest absolute Gasteiger partial charge is 0.443 e. The zero-order chi connectivity index (χ0) is 21.8. The van der Waals surface area contributed by atoms with Crippen molar-refractivity contribution >= 4 is 23.1 Å². The van der Waals surface area contributed by atoms with Crippen LogP contribution in [0, 0.1) is 36.9 Å². The third kappa shape index (κ3) is 4.50. The van der Waals surface area contributed by atoms with Crippen LogP contribution in [-0.2, 0) is 0 Å². The fraction of sp³-hybridized carbons (Fsp3) is 0.261. The Morgan fingerprint density at radius 1 is 1.23 bits per heavy atom. The zero-order valence-corrected chi connectivity index (χ0v) is 18.4. The monoisotopic (exact) mass is 422 g/mol. The van der Waals surface area contributed by atoms with Crippen molar-refractivity contribution in [2.24, 2.45) is 10.9 Å². The van der Waals surface area contributed by atoms with Gasteiger partial charge >= 0.3 is 0 Å². The van der Waals surface area contributed by atoms with Gasteiger partial charge < -0.3 is 10.1 Å². The van der Waals surface area contributed by atoms with Gasteiger partial charge in [-0.25, -0.2) is 4.39 Å². The normalized spacial score (nSPS) is 11.5. The maximum atomic E-state index is 13.6. The van der Waals surface area contributed by atoms with Gasteiger partial charge in [0, 0.05) is 35.7 Å². The highest BCUT2D eigenvalue weighted by atomic mass is 32.1. The van der Waals surface area contributed by atoms with Gasteiger partial charge in [-0.15, -0.1) is 0 Å². The van der Waals surface area contributed by atoms with Crippen LogP contribution >= 0.6 is 11.5 Å². The predicted molar refractivity (Wildman–Crippen MR) is 120 cm³/mol. The molecule has 1 heterocycles. The number of hydrogen-bond donors (Lipinski definition) is 1. The van der Waals surface area contributed by atoms with Crippen molar-refractivity contribution in [3.05, 3.63) is 58.9 Å². The SMILES string of the molecule is CN=C(Nc1cc(C)c(Oc2snc(-c3cccc(F)c3)c2C#N)cc1C)C(C)C. The molecular formula is C23H23FN4OS. The number of nitrogens with one attached hydrogen (secondary N) is 1. The van der Waals surface area contributed by atoms with Gasteiger partial charge in [-0.05, 0) is 49.2 Å². The first-order valence-corrected chi connectivity index (χ1v) is 10.3. The standard InChI is InChI=1S/C23H23FN4OS/c1-13(2)22(26-5)27-19-9-15(4)20(10-14(19)3)29-23-18(12-25)21(28-30-23)16-7-6-8-17(24)11-16/h6-11,13H,1-5H3,(H,26,27). The number of hydrogen-bond acceptors (Lipinski definition) is 5. The maximum Gasteiger partial charge on any atom is 0.218 e. The topological polar surface area (TPSA) is 70.3 Å². The molecule has 0 unspecified atom stereocenters. The molecule has 0 spiro atoms. The van der Waals surface area contributed by atoms with E-state index in [9.17, 15) is 9.65 Å². The van der Waals surface area contributed by atoms with Crippen LogP contribution in [-0.4, -0.2) is 17.3 Å². The van der Waals surface area contributed by atoms with Crippen molar-refractivity contribution in [1.82, 2.24) is 4.37 Å². The van der Waals surface area contributed by atoms with E-state index in [2.05, 4.69) is 34.6 Å². The summed E-state index contributed by atoms with van der Waals surface area (Å²) in [6.45, 7) is 8.09. The Hall–Kier alpha value is -3.24. The fourth-order valence-electron chi connectivity index (χ4n) is 3.01. The van der Waals surface area contributed by atoms with E-state index < -0.39 is 0 Å². The van der Waals surface area contributed by atoms with Crippen LogP contribution in [0.4, 0.5) is 10.1 Å². The Balaban J connectivity index is 1.92. The van der Waals surface area contributed by atoms with Gasteiger partial charge in [-0.2, -0.15) is 9.64 Å². The summed E-state index contributed by atoms with van der Waals surface area (Å²) >= 11 is 1.08. The second-order valence-corrected chi connectivity index (χ2v) is 7.97. The highest BCUT2D eigenvalue weighted by molar-refractivity contribution is 7.08. The molecule has 7 heteroatoms. The zero-order valence-electron chi connectivity index (χ0n) is 17.6. The van der Waals surface area contributed by atoms with Gasteiger partial charge in [0.25, 0.3) is 0 Å². The number of halogens is 1. The van der Waals surface area contributed by atoms with E-state index in [1.807, 2.05) is 26.0 Å². The quantitative estimate of drug-likeness (QED) is 0.385. The van der Waals surface area contributed by atoms with E-state index in [0.29, 0.717) is 27.6 Å². The Labute approximate surface area is 180 Å². The lowest BCUT2D eigenvalue weighted by Crippen LogP contribution is -2.19. The molecule has 0 aliphatic heterocycles. The van der Waals surface area contributed by atoms with Crippen LogP contribution in [0.15, 0.2) is 41.4 Å². The second kappa shape index (κ2) is 9.06. The molecule has 1 N–H and O–H groups in total. The first-order valence-electron chi connectivity index (χ1n) is 9.52. The van der Waals surface area contributed by atoms with Crippen LogP contribution in [0.3, 0.4) is 0 Å². The van der Waals surface area contributed by atoms with Gasteiger partial charge in [0.1, 0.15) is 34.7 Å². The summed E-state index contributed by atoms with van der Waals surface area (Å²) in [5.74, 6) is 1.45. The summed E-state index contributed by atoms with van der Waals surface area (Å²) < 4.78 is 24.0. The Morgan fingerprint density at radius 3 is 2.63 bits per heavy atom. The second-order valence-electron chi connectivity index (χ2n) is 7.24. The van der Waals surface area contributed by atoms with Crippen LogP contribution < -0.4 is 10.1 Å². The summed E-state index contributed by atoms with van der Waals surface area (Å²) in [6.07, 6.45) is 0. The van der Waals surface area contributed by atoms with E-state index in [1.54, 1.807) is 19.2 Å². The number of amidine groups is 1. The number of ether oxygens (including phenoxy) is 1. The van der Waals surface area contributed by atoms with Crippen LogP contribution in [0.2, 0.25) is 0 Å². The lowest BCUT2D eigenvalue weighted by Gasteiger charge is -2.17. The van der Waals surface area contributed by atoms with E-state index in [-0.39, 0.29) is 11.7 Å². The minimum absolute atomic E-state index is 0.280. The first-order chi connectivity index (χ1) is 14.3. The lowest BCUT2D eigenvalue weighted by molar-refractivity contribution is 0.491. The number of aliphatic imine (C=N–C) groups is 1. The first kappa shape index (κ1) is 21.5. The molecule has 0 radical (unpaired) electrons. The minimum Gasteiger partial charge on any atom is -0.443 e. The van der Waals surface area contributed by atoms with E-state index in [4.69, 9.17) is 4.74 Å². The van der Waals surface area contributed by atoms with Gasteiger partial charge in [0.2, 0.25) is 5.06 Å². The van der Waals surface area contributed by atoms with Crippen molar-refractivity contribution < 1.29 is 9.13 Å². The Morgan fingerprint density at radius 2 is 2.00 bits per heavy atom. The number of benzene rings is 2. The van der Waals surface area contributed by atoms with Crippen molar-refractivity contribution in [2.75, 3.05) is 12.4 Å². The Kier molecular flexibility index (Phi) is 6.48. The predicted octanol–water partition coefficient (Wildman–Crippen LogP) is 6.33. The summed E-state index contributed by atoms with van der Waals surface area (Å²) in [7, 11) is 1.77. The molecule has 2 aromatic carbocycles. The van der Waals surface area contributed by atoms with Gasteiger partial charge in [-0.1, -0.05) is 26.0 Å². The van der Waals surface area contributed by atoms with Crippen molar-refractivity contribution in [3.8, 4) is 28.1 Å². The van der Waals surface area contributed by atoms with E-state index in [1.165, 1.54) is 12.1 Å². The third-order valence-electron chi connectivity index (χ3n) is 4.65. The molecule has 0 saturated heterocycles. The number of nitriles is 1. The molecule has 0 saturated carbocycles. The molecule has 0 atom stereocenters. The molecule has 5 nitrogen and oxygen atoms in total. The molecule has 0 fully saturated rings. The number of rotatable bonds is 5. The molecule has 0 bridgehead atoms. The summed E-state index contributed by atoms with van der Waals surface area (Å²) in [4.78, 5) is 4.31. The van der Waals surface area contributed by atoms with Crippen molar-refractivity contribution in [1.29, 1.82) is 5.26 Å². The summed E-state index contributed by atoms with van der Waals surface area (Å²) in [5, 5.41) is 13.4. The van der Waals surface area contributed by atoms with E-state index >= 15 is 0 Å². The molecule has 1 aromatic heterocycles. The molecule has 3 aromatic rings. The number of anilines is 1. The molecule has 0 aliphatic rings. The highest BCUT2D eigenvalue weighted by Gasteiger charge is 2.19. The van der Waals surface area contributed by atoms with Crippen molar-refractivity contribution in [2.45, 2.75) is 27.7 Å². The molecule has 0 amide bonds. The Bertz CT molecular complexity index is 1140.